The number of nitrogen functional groups attached to an aromatic ring is 1. The molecule has 1 aliphatic rings. The third-order valence-corrected chi connectivity index (χ3v) is 20.4. The normalized spacial score (nSPS) is 21.1. The van der Waals surface area contributed by atoms with E-state index >= 15 is 0 Å². The second kappa shape index (κ2) is 13.4. The van der Waals surface area contributed by atoms with Crippen LogP contribution in [0.25, 0.3) is 22.3 Å². The summed E-state index contributed by atoms with van der Waals surface area (Å²) < 4.78 is 23.9. The lowest BCUT2D eigenvalue weighted by molar-refractivity contribution is -0.0244. The van der Waals surface area contributed by atoms with E-state index in [-0.39, 0.29) is 28.4 Å². The van der Waals surface area contributed by atoms with E-state index in [0.717, 1.165) is 33.8 Å². The van der Waals surface area contributed by atoms with Crippen LogP contribution >= 0.6 is 11.8 Å². The number of thioether (sulfide) groups is 1. The van der Waals surface area contributed by atoms with E-state index in [2.05, 4.69) is 120 Å². The summed E-state index contributed by atoms with van der Waals surface area (Å²) in [4.78, 5) is 13.7. The smallest absolute Gasteiger partial charge is 0.192 e. The SMILES string of the molecule is Cc1ccnc(-c2ccccc2)c1CSC[C@H]1O[C@@H](n2ccc3c(N)ncnc32)[C@H](O[Si](C)(C)C(C)(C)C)[C@@H]1O[Si](C)(C)C(C)(C)C. The van der Waals surface area contributed by atoms with E-state index in [0.29, 0.717) is 5.82 Å². The largest absolute Gasteiger partial charge is 0.408 e. The lowest BCUT2D eigenvalue weighted by Gasteiger charge is -2.44. The average molecular weight is 692 g/mol. The highest BCUT2D eigenvalue weighted by molar-refractivity contribution is 7.98. The molecule has 0 aliphatic carbocycles. The van der Waals surface area contributed by atoms with Gasteiger partial charge in [-0.2, -0.15) is 11.8 Å². The van der Waals surface area contributed by atoms with Gasteiger partial charge in [-0.3, -0.25) is 4.98 Å². The Morgan fingerprint density at radius 2 is 1.51 bits per heavy atom. The van der Waals surface area contributed by atoms with Crippen molar-refractivity contribution in [2.75, 3.05) is 11.5 Å². The molecule has 1 saturated heterocycles. The number of aromatic nitrogens is 4. The highest BCUT2D eigenvalue weighted by Gasteiger charge is 2.54. The minimum absolute atomic E-state index is 0.00292. The topological polar surface area (TPSA) is 97.3 Å². The van der Waals surface area contributed by atoms with Gasteiger partial charge in [-0.05, 0) is 66.4 Å². The van der Waals surface area contributed by atoms with Crippen molar-refractivity contribution >= 4 is 45.2 Å². The van der Waals surface area contributed by atoms with Crippen LogP contribution < -0.4 is 5.73 Å². The van der Waals surface area contributed by atoms with Gasteiger partial charge in [0.15, 0.2) is 22.9 Å². The maximum atomic E-state index is 7.35. The number of ether oxygens (including phenoxy) is 1. The van der Waals surface area contributed by atoms with E-state index in [1.807, 2.05) is 36.3 Å². The van der Waals surface area contributed by atoms with E-state index in [9.17, 15) is 0 Å². The van der Waals surface area contributed by atoms with Gasteiger partial charge in [-0.1, -0.05) is 71.9 Å². The van der Waals surface area contributed by atoms with Gasteiger partial charge in [0.25, 0.3) is 0 Å². The van der Waals surface area contributed by atoms with Gasteiger partial charge in [-0.25, -0.2) is 9.97 Å². The van der Waals surface area contributed by atoms with Crippen LogP contribution in [0.1, 0.15) is 58.9 Å². The van der Waals surface area contributed by atoms with Gasteiger partial charge in [0, 0.05) is 29.5 Å². The first-order valence-corrected chi connectivity index (χ1v) is 23.5. The summed E-state index contributed by atoms with van der Waals surface area (Å²) in [5, 5.41) is 0.828. The molecule has 11 heteroatoms. The van der Waals surface area contributed by atoms with Crippen LogP contribution in [0.2, 0.25) is 36.3 Å². The molecule has 4 atom stereocenters. The molecule has 3 aromatic heterocycles. The zero-order valence-corrected chi connectivity index (χ0v) is 32.8. The first kappa shape index (κ1) is 35.8. The maximum absolute atomic E-state index is 7.35. The number of nitrogens with two attached hydrogens (primary N) is 1. The standard InChI is InChI=1S/C36H53N5O3SSi2/c1-24-17-19-38-29(25-15-13-12-14-16-25)27(24)21-45-22-28-30(43-46(8,9)35(2,3)4)31(44-47(10,11)36(5,6)7)34(42-28)41-20-18-26-32(37)39-23-40-33(26)41/h12-20,23,28,30-31,34H,21-22H2,1-11H3,(H2,37,39,40)/t28-,30-,31-,34-/m1/s1. The Morgan fingerprint density at radius 1 is 0.872 bits per heavy atom. The molecule has 4 aromatic rings. The molecule has 1 aromatic carbocycles. The van der Waals surface area contributed by atoms with E-state index in [1.54, 1.807) is 0 Å². The van der Waals surface area contributed by atoms with Gasteiger partial charge < -0.3 is 23.9 Å². The number of rotatable bonds is 10. The fourth-order valence-electron chi connectivity index (χ4n) is 5.46. The summed E-state index contributed by atoms with van der Waals surface area (Å²) in [5.74, 6) is 2.01. The molecule has 0 spiro atoms. The Kier molecular flexibility index (Phi) is 10.2. The summed E-state index contributed by atoms with van der Waals surface area (Å²) in [6.45, 7) is 25.1. The van der Waals surface area contributed by atoms with Gasteiger partial charge >= 0.3 is 0 Å². The summed E-state index contributed by atoms with van der Waals surface area (Å²) in [6, 6.07) is 14.5. The van der Waals surface area contributed by atoms with Crippen LogP contribution in [-0.4, -0.2) is 60.2 Å². The van der Waals surface area contributed by atoms with Crippen LogP contribution in [0.15, 0.2) is 61.2 Å². The zero-order valence-electron chi connectivity index (χ0n) is 30.0. The molecule has 0 unspecified atom stereocenters. The number of hydrogen-bond donors (Lipinski definition) is 1. The van der Waals surface area contributed by atoms with Crippen LogP contribution in [0, 0.1) is 6.92 Å². The Balaban J connectivity index is 1.53. The van der Waals surface area contributed by atoms with Gasteiger partial charge in [0.1, 0.15) is 30.0 Å². The molecule has 8 nitrogen and oxygen atoms in total. The molecule has 4 heterocycles. The van der Waals surface area contributed by atoms with E-state index < -0.39 is 22.9 Å². The molecule has 0 bridgehead atoms. The van der Waals surface area contributed by atoms with Gasteiger partial charge in [0.05, 0.1) is 17.2 Å². The lowest BCUT2D eigenvalue weighted by atomic mass is 10.0. The number of fused-ring (bicyclic) bond motifs is 1. The molecule has 2 N–H and O–H groups in total. The quantitative estimate of drug-likeness (QED) is 0.165. The Bertz CT molecular complexity index is 1680. The summed E-state index contributed by atoms with van der Waals surface area (Å²) >= 11 is 1.87. The van der Waals surface area contributed by atoms with Crippen LogP contribution in [0.3, 0.4) is 0 Å². The summed E-state index contributed by atoms with van der Waals surface area (Å²) in [5.41, 5.74) is 11.7. The molecule has 1 fully saturated rings. The van der Waals surface area contributed by atoms with Crippen molar-refractivity contribution in [3.63, 3.8) is 0 Å². The third kappa shape index (κ3) is 7.40. The number of benzene rings is 1. The van der Waals surface area contributed by atoms with E-state index in [1.165, 1.54) is 17.5 Å². The molecule has 47 heavy (non-hydrogen) atoms. The molecular weight excluding hydrogens is 639 g/mol. The minimum atomic E-state index is -2.26. The van der Waals surface area contributed by atoms with Crippen molar-refractivity contribution in [3.8, 4) is 11.3 Å². The number of anilines is 1. The highest BCUT2D eigenvalue weighted by atomic mass is 32.2. The predicted octanol–water partition coefficient (Wildman–Crippen LogP) is 9.00. The molecule has 1 aliphatic heterocycles. The first-order valence-electron chi connectivity index (χ1n) is 16.6. The van der Waals surface area contributed by atoms with Crippen molar-refractivity contribution in [1.82, 2.24) is 19.5 Å². The second-order valence-electron chi connectivity index (χ2n) is 15.8. The second-order valence-corrected chi connectivity index (χ2v) is 26.3. The lowest BCUT2D eigenvalue weighted by Crippen LogP contribution is -2.53. The molecule has 5 rings (SSSR count). The monoisotopic (exact) mass is 691 g/mol. The number of pyridine rings is 1. The minimum Gasteiger partial charge on any atom is -0.408 e. The first-order chi connectivity index (χ1) is 21.9. The number of nitrogens with zero attached hydrogens (tertiary/aromatic N) is 4. The molecule has 0 radical (unpaired) electrons. The Labute approximate surface area is 287 Å². The molecule has 0 saturated carbocycles. The summed E-state index contributed by atoms with van der Waals surface area (Å²) in [6.07, 6.45) is 4.20. The van der Waals surface area contributed by atoms with Crippen molar-refractivity contribution in [1.29, 1.82) is 0 Å². The van der Waals surface area contributed by atoms with Crippen molar-refractivity contribution in [2.24, 2.45) is 0 Å². The van der Waals surface area contributed by atoms with Crippen LogP contribution in [-0.2, 0) is 19.3 Å². The van der Waals surface area contributed by atoms with Crippen molar-refractivity contribution in [3.05, 3.63) is 72.3 Å². The van der Waals surface area contributed by atoms with Crippen molar-refractivity contribution in [2.45, 2.75) is 115 Å². The number of aryl methyl sites for hydroxylation is 1. The van der Waals surface area contributed by atoms with Gasteiger partial charge in [0.2, 0.25) is 0 Å². The molecule has 254 valence electrons. The van der Waals surface area contributed by atoms with Crippen LogP contribution in [0.4, 0.5) is 5.82 Å². The maximum Gasteiger partial charge on any atom is 0.192 e. The predicted molar refractivity (Wildman–Crippen MR) is 201 cm³/mol. The highest BCUT2D eigenvalue weighted by Crippen LogP contribution is 2.47. The average Bonchev–Trinajstić information content (AvgIpc) is 3.55. The van der Waals surface area contributed by atoms with E-state index in [4.69, 9.17) is 24.3 Å². The van der Waals surface area contributed by atoms with Gasteiger partial charge in [-0.15, -0.1) is 0 Å². The zero-order chi connectivity index (χ0) is 34.4. The molecule has 0 amide bonds. The Hall–Kier alpha value is -2.55. The van der Waals surface area contributed by atoms with Crippen molar-refractivity contribution < 1.29 is 13.6 Å². The fourth-order valence-corrected chi connectivity index (χ4v) is 9.25. The third-order valence-electron chi connectivity index (χ3n) is 10.4. The van der Waals surface area contributed by atoms with Crippen LogP contribution in [0.5, 0.6) is 0 Å². The Morgan fingerprint density at radius 3 is 2.15 bits per heavy atom. The molecular formula is C36H53N5O3SSi2. The number of hydrogen-bond acceptors (Lipinski definition) is 8. The summed E-state index contributed by atoms with van der Waals surface area (Å²) in [7, 11) is -4.50. The fraction of sp³-hybridized carbons (Fsp3) is 0.528.